The van der Waals surface area contributed by atoms with E-state index >= 15 is 0 Å². The van der Waals surface area contributed by atoms with E-state index in [1.165, 1.54) is 0 Å². The molecule has 2 amide bonds. The van der Waals surface area contributed by atoms with Gasteiger partial charge in [0, 0.05) is 5.70 Å². The maximum Gasteiger partial charge on any atom is 0.452 e. The van der Waals surface area contributed by atoms with Crippen LogP contribution in [0, 0.1) is 0 Å². The van der Waals surface area contributed by atoms with Crippen molar-refractivity contribution in [2.75, 3.05) is 0 Å². The first-order valence-corrected chi connectivity index (χ1v) is 4.44. The predicted molar refractivity (Wildman–Crippen MR) is 56.3 cm³/mol. The normalized spacial score (nSPS) is 17.9. The van der Waals surface area contributed by atoms with E-state index in [-0.39, 0.29) is 6.03 Å². The summed E-state index contributed by atoms with van der Waals surface area (Å²) in [6.45, 7) is 3.70. The number of nitrogens with one attached hydrogen (secondary N) is 2. The summed E-state index contributed by atoms with van der Waals surface area (Å²) in [5.41, 5.74) is 1.28. The third-order valence-electron chi connectivity index (χ3n) is 1.80. The van der Waals surface area contributed by atoms with Crippen LogP contribution in [0.25, 0.3) is 0 Å². The van der Waals surface area contributed by atoms with Crippen molar-refractivity contribution in [1.29, 1.82) is 0 Å². The van der Waals surface area contributed by atoms with Gasteiger partial charge >= 0.3 is 13.1 Å². The molecule has 0 spiro atoms. The lowest BCUT2D eigenvalue weighted by molar-refractivity contribution is 0.246. The van der Waals surface area contributed by atoms with Gasteiger partial charge in [0.1, 0.15) is 0 Å². The molecule has 74 valence electrons. The second-order valence-electron chi connectivity index (χ2n) is 2.87. The third kappa shape index (κ3) is 2.26. The van der Waals surface area contributed by atoms with E-state index in [2.05, 4.69) is 10.5 Å². The van der Waals surface area contributed by atoms with Crippen molar-refractivity contribution in [1.82, 2.24) is 10.5 Å². The Balaban J connectivity index is 3.07. The second kappa shape index (κ2) is 4.67. The molecule has 0 aromatic heterocycles. The van der Waals surface area contributed by atoms with Gasteiger partial charge in [-0.15, -0.1) is 0 Å². The first kappa shape index (κ1) is 10.6. The maximum atomic E-state index is 11.0. The molecular weight excluding hydrogens is 179 g/mol. The summed E-state index contributed by atoms with van der Waals surface area (Å²) >= 11 is 0. The van der Waals surface area contributed by atoms with Crippen molar-refractivity contribution in [3.05, 3.63) is 35.5 Å². The Hall–Kier alpha value is -1.49. The lowest BCUT2D eigenvalue weighted by Gasteiger charge is -2.20. The number of amides is 2. The molecule has 0 saturated carbocycles. The molecule has 1 aliphatic heterocycles. The molecule has 0 fully saturated rings. The van der Waals surface area contributed by atoms with E-state index in [4.69, 9.17) is 0 Å². The molecule has 0 aromatic rings. The molecule has 0 aromatic carbocycles. The SMILES string of the molecule is C/C=C\C1=C(/C=C\C)B(O)NC(=O)N1. The van der Waals surface area contributed by atoms with E-state index in [9.17, 15) is 9.82 Å². The maximum absolute atomic E-state index is 11.0. The van der Waals surface area contributed by atoms with Crippen molar-refractivity contribution in [2.45, 2.75) is 13.8 Å². The van der Waals surface area contributed by atoms with Crippen molar-refractivity contribution in [3.8, 4) is 0 Å². The lowest BCUT2D eigenvalue weighted by Crippen LogP contribution is -2.51. The molecule has 0 unspecified atom stereocenters. The highest BCUT2D eigenvalue weighted by Crippen LogP contribution is 2.10. The van der Waals surface area contributed by atoms with Gasteiger partial charge in [-0.1, -0.05) is 18.2 Å². The van der Waals surface area contributed by atoms with Crippen LogP contribution in [-0.2, 0) is 0 Å². The number of allylic oxidation sites excluding steroid dienone is 5. The molecule has 1 aliphatic rings. The quantitative estimate of drug-likeness (QED) is 0.564. The molecule has 0 bridgehead atoms. The molecule has 3 N–H and O–H groups in total. The van der Waals surface area contributed by atoms with Crippen LogP contribution >= 0.6 is 0 Å². The Labute approximate surface area is 83.5 Å². The Morgan fingerprint density at radius 1 is 1.29 bits per heavy atom. The zero-order valence-corrected chi connectivity index (χ0v) is 8.24. The zero-order chi connectivity index (χ0) is 10.6. The minimum Gasteiger partial charge on any atom is -0.428 e. The number of urea groups is 1. The van der Waals surface area contributed by atoms with Gasteiger partial charge in [-0.25, -0.2) is 4.79 Å². The van der Waals surface area contributed by atoms with E-state index in [1.54, 1.807) is 24.3 Å². The summed E-state index contributed by atoms with van der Waals surface area (Å²) in [6, 6.07) is -0.390. The molecular formula is C9H13BN2O2. The van der Waals surface area contributed by atoms with E-state index < -0.39 is 7.05 Å². The summed E-state index contributed by atoms with van der Waals surface area (Å²) in [7, 11) is -0.939. The molecule has 4 nitrogen and oxygen atoms in total. The van der Waals surface area contributed by atoms with E-state index in [1.807, 2.05) is 13.8 Å². The Morgan fingerprint density at radius 3 is 2.50 bits per heavy atom. The molecule has 1 rings (SSSR count). The van der Waals surface area contributed by atoms with Gasteiger partial charge in [0.15, 0.2) is 0 Å². The Bertz CT molecular complexity index is 321. The highest BCUT2D eigenvalue weighted by atomic mass is 16.2. The summed E-state index contributed by atoms with van der Waals surface area (Å²) in [5.74, 6) is 0. The molecule has 14 heavy (non-hydrogen) atoms. The number of hydrogen-bond acceptors (Lipinski definition) is 2. The van der Waals surface area contributed by atoms with Crippen molar-refractivity contribution >= 4 is 13.1 Å². The smallest absolute Gasteiger partial charge is 0.428 e. The average molecular weight is 192 g/mol. The van der Waals surface area contributed by atoms with E-state index in [0.717, 1.165) is 0 Å². The van der Waals surface area contributed by atoms with Crippen LogP contribution in [0.4, 0.5) is 4.79 Å². The molecule has 0 radical (unpaired) electrons. The van der Waals surface area contributed by atoms with Crippen molar-refractivity contribution < 1.29 is 9.82 Å². The Kier molecular flexibility index (Phi) is 3.53. The lowest BCUT2D eigenvalue weighted by atomic mass is 9.70. The van der Waals surface area contributed by atoms with Crippen molar-refractivity contribution in [2.24, 2.45) is 0 Å². The standard InChI is InChI=1S/C9H13BN2O2/c1-3-5-7-8(6-4-2)11-9(13)12-10(7)14/h3-6,14H,1-2H3,(H2,11,12,13)/b5-3-,6-4-. The minimum absolute atomic E-state index is 0.390. The topological polar surface area (TPSA) is 61.4 Å². The van der Waals surface area contributed by atoms with Gasteiger partial charge < -0.3 is 15.6 Å². The minimum atomic E-state index is -0.939. The van der Waals surface area contributed by atoms with Crippen LogP contribution in [0.15, 0.2) is 35.5 Å². The monoisotopic (exact) mass is 192 g/mol. The van der Waals surface area contributed by atoms with Gasteiger partial charge in [-0.05, 0) is 25.4 Å². The number of rotatable bonds is 2. The highest BCUT2D eigenvalue weighted by molar-refractivity contribution is 6.61. The van der Waals surface area contributed by atoms with Crippen LogP contribution in [0.3, 0.4) is 0 Å². The molecule has 1 heterocycles. The number of carbonyl (C=O) groups excluding carboxylic acids is 1. The summed E-state index contributed by atoms with van der Waals surface area (Å²) in [6.07, 6.45) is 7.11. The molecule has 0 atom stereocenters. The highest BCUT2D eigenvalue weighted by Gasteiger charge is 2.26. The molecule has 5 heteroatoms. The summed E-state index contributed by atoms with van der Waals surface area (Å²) in [4.78, 5) is 11.0. The first-order chi connectivity index (χ1) is 6.69. The summed E-state index contributed by atoms with van der Waals surface area (Å²) < 4.78 is 0. The Morgan fingerprint density at radius 2 is 1.93 bits per heavy atom. The fourth-order valence-electron chi connectivity index (χ4n) is 1.24. The average Bonchev–Trinajstić information content (AvgIpc) is 2.11. The first-order valence-electron chi connectivity index (χ1n) is 4.44. The van der Waals surface area contributed by atoms with Gasteiger partial charge in [0.25, 0.3) is 0 Å². The second-order valence-corrected chi connectivity index (χ2v) is 2.87. The number of carbonyl (C=O) groups is 1. The fourth-order valence-corrected chi connectivity index (χ4v) is 1.24. The fraction of sp³-hybridized carbons (Fsp3) is 0.222. The number of hydrogen-bond donors (Lipinski definition) is 3. The van der Waals surface area contributed by atoms with Gasteiger partial charge in [-0.3, -0.25) is 0 Å². The van der Waals surface area contributed by atoms with Crippen LogP contribution in [0.1, 0.15) is 13.8 Å². The van der Waals surface area contributed by atoms with Gasteiger partial charge in [-0.2, -0.15) is 0 Å². The van der Waals surface area contributed by atoms with Crippen LogP contribution < -0.4 is 10.5 Å². The van der Waals surface area contributed by atoms with Crippen LogP contribution in [-0.4, -0.2) is 18.1 Å². The predicted octanol–water partition coefficient (Wildman–Crippen LogP) is 0.725. The largest absolute Gasteiger partial charge is 0.452 e. The van der Waals surface area contributed by atoms with Crippen LogP contribution in [0.2, 0.25) is 0 Å². The van der Waals surface area contributed by atoms with Crippen LogP contribution in [0.5, 0.6) is 0 Å². The molecule has 0 saturated heterocycles. The van der Waals surface area contributed by atoms with Gasteiger partial charge in [0.2, 0.25) is 0 Å². The summed E-state index contributed by atoms with van der Waals surface area (Å²) in [5, 5.41) is 14.5. The van der Waals surface area contributed by atoms with Gasteiger partial charge in [0.05, 0.1) is 0 Å². The van der Waals surface area contributed by atoms with Crippen molar-refractivity contribution in [3.63, 3.8) is 0 Å². The van der Waals surface area contributed by atoms with E-state index in [0.29, 0.717) is 11.2 Å². The third-order valence-corrected chi connectivity index (χ3v) is 1.80. The zero-order valence-electron chi connectivity index (χ0n) is 8.24. The molecule has 0 aliphatic carbocycles.